The van der Waals surface area contributed by atoms with E-state index < -0.39 is 46.0 Å². The van der Waals surface area contributed by atoms with Crippen molar-refractivity contribution in [2.75, 3.05) is 0 Å². The minimum Gasteiger partial charge on any atom is -0.504 e. The molecule has 0 aliphatic heterocycles. The summed E-state index contributed by atoms with van der Waals surface area (Å²) in [4.78, 5) is 0. The first-order chi connectivity index (χ1) is 25.7. The van der Waals surface area contributed by atoms with Gasteiger partial charge in [0.2, 0.25) is 23.0 Å². The molecule has 0 fully saturated rings. The number of benzene rings is 9. The average Bonchev–Trinajstić information content (AvgIpc) is 3.59. The fraction of sp³-hybridized carbons (Fsp3) is 0. The first-order valence-corrected chi connectivity index (χ1v) is 16.7. The Morgan fingerprint density at radius 2 is 0.736 bits per heavy atom. The summed E-state index contributed by atoms with van der Waals surface area (Å²) in [5, 5.41) is 97.0. The molecule has 9 heteroatoms. The molecule has 1 aromatic heterocycles. The Bertz CT molecular complexity index is 3190. The number of furan rings is 1. The molecule has 0 saturated heterocycles. The molecule has 9 aromatic carbocycles. The van der Waals surface area contributed by atoms with Gasteiger partial charge in [-0.2, -0.15) is 0 Å². The van der Waals surface area contributed by atoms with Crippen LogP contribution in [0, 0.1) is 0 Å². The molecule has 0 spiro atoms. The maximum absolute atomic E-state index is 11.9. The van der Waals surface area contributed by atoms with Crippen LogP contribution < -0.4 is 0 Å². The van der Waals surface area contributed by atoms with Crippen LogP contribution in [0.25, 0.3) is 98.1 Å². The summed E-state index contributed by atoms with van der Waals surface area (Å²) >= 11 is 0. The number of aromatic hydroxyl groups is 8. The van der Waals surface area contributed by atoms with Crippen LogP contribution >= 0.6 is 0 Å². The molecule has 0 aliphatic rings. The van der Waals surface area contributed by atoms with Crippen molar-refractivity contribution >= 4 is 75.8 Å². The van der Waals surface area contributed by atoms with E-state index in [1.165, 1.54) is 0 Å². The predicted molar refractivity (Wildman–Crippen MR) is 205 cm³/mol. The van der Waals surface area contributed by atoms with Gasteiger partial charge < -0.3 is 45.3 Å². The third kappa shape index (κ3) is 3.85. The van der Waals surface area contributed by atoms with Crippen LogP contribution in [0.15, 0.2) is 114 Å². The van der Waals surface area contributed by atoms with Gasteiger partial charge in [-0.15, -0.1) is 0 Å². The highest BCUT2D eigenvalue weighted by Gasteiger charge is 2.33. The van der Waals surface area contributed by atoms with E-state index in [1.54, 1.807) is 30.3 Å². The number of hydrogen-bond acceptors (Lipinski definition) is 9. The van der Waals surface area contributed by atoms with Crippen LogP contribution in [0.5, 0.6) is 46.0 Å². The molecule has 10 aromatic rings. The molecule has 53 heavy (non-hydrogen) atoms. The average molecular weight is 699 g/mol. The molecule has 8 N–H and O–H groups in total. The molecule has 1 heterocycles. The van der Waals surface area contributed by atoms with Crippen molar-refractivity contribution in [1.29, 1.82) is 0 Å². The van der Waals surface area contributed by atoms with Crippen molar-refractivity contribution in [2.24, 2.45) is 0 Å². The maximum atomic E-state index is 11.9. The highest BCUT2D eigenvalue weighted by Crippen LogP contribution is 2.63. The van der Waals surface area contributed by atoms with Crippen LogP contribution in [0.2, 0.25) is 0 Å². The second-order valence-corrected chi connectivity index (χ2v) is 13.2. The lowest BCUT2D eigenvalue weighted by Crippen LogP contribution is -1.95. The fourth-order valence-corrected chi connectivity index (χ4v) is 8.19. The molecule has 9 nitrogen and oxygen atoms in total. The van der Waals surface area contributed by atoms with E-state index >= 15 is 0 Å². The van der Waals surface area contributed by atoms with Gasteiger partial charge in [-0.3, -0.25) is 0 Å². The van der Waals surface area contributed by atoms with Crippen molar-refractivity contribution in [2.45, 2.75) is 0 Å². The van der Waals surface area contributed by atoms with Gasteiger partial charge in [0, 0.05) is 48.8 Å². The molecule has 256 valence electrons. The van der Waals surface area contributed by atoms with Crippen molar-refractivity contribution in [3.8, 4) is 68.2 Å². The lowest BCUT2D eigenvalue weighted by Gasteiger charge is -2.23. The van der Waals surface area contributed by atoms with Crippen LogP contribution in [0.4, 0.5) is 0 Å². The van der Waals surface area contributed by atoms with Gasteiger partial charge in [-0.25, -0.2) is 0 Å². The number of fused-ring (bicyclic) bond motifs is 10. The maximum Gasteiger partial charge on any atom is 0.204 e. The molecular formula is C44H26O9. The quantitative estimate of drug-likeness (QED) is 0.0378. The highest BCUT2D eigenvalue weighted by molar-refractivity contribution is 6.33. The fourth-order valence-electron chi connectivity index (χ4n) is 8.19. The molecular weight excluding hydrogens is 672 g/mol. The van der Waals surface area contributed by atoms with Crippen LogP contribution in [-0.2, 0) is 0 Å². The van der Waals surface area contributed by atoms with Gasteiger partial charge in [0.25, 0.3) is 0 Å². The lowest BCUT2D eigenvalue weighted by atomic mass is 9.81. The summed E-state index contributed by atoms with van der Waals surface area (Å²) in [5.74, 6) is -7.51. The molecule has 0 atom stereocenters. The Morgan fingerprint density at radius 3 is 1.32 bits per heavy atom. The second kappa shape index (κ2) is 10.5. The molecule has 0 radical (unpaired) electrons. The number of rotatable bonds is 2. The van der Waals surface area contributed by atoms with E-state index in [-0.39, 0.29) is 32.7 Å². The van der Waals surface area contributed by atoms with E-state index in [0.717, 1.165) is 26.9 Å². The largest absolute Gasteiger partial charge is 0.504 e. The van der Waals surface area contributed by atoms with Gasteiger partial charge in [0.05, 0.1) is 0 Å². The standard InChI is InChI=1S/C44H26O9/c45-36-32-30(24-12-5-9-21-16-15-19-7-1-3-10-22(19)28(21)24)33-35(39(48)43(52)41(50)37(33)46)31(34(32)38(47)42(51)40(36)49)25-13-6-14-27-29(25)26-18-17-20-8-2-4-11-23(20)44(26)53-27/h1-18,45-52H. The zero-order valence-corrected chi connectivity index (χ0v) is 27.4. The van der Waals surface area contributed by atoms with Crippen molar-refractivity contribution in [3.05, 3.63) is 109 Å². The molecule has 0 aliphatic carbocycles. The van der Waals surface area contributed by atoms with E-state index in [4.69, 9.17) is 4.42 Å². The normalized spacial score (nSPS) is 12.0. The molecule has 0 saturated carbocycles. The van der Waals surface area contributed by atoms with Crippen LogP contribution in [-0.4, -0.2) is 40.9 Å². The minimum absolute atomic E-state index is 0.0119. The van der Waals surface area contributed by atoms with Crippen LogP contribution in [0.3, 0.4) is 0 Å². The first kappa shape index (κ1) is 30.3. The monoisotopic (exact) mass is 698 g/mol. The molecule has 0 bridgehead atoms. The SMILES string of the molecule is Oc1c(O)c(O)c2c(-c3cccc4oc5c6ccccc6ccc5c34)c3c(O)c(O)c(O)c(O)c3c(-c3cccc4ccc5ccccc5c34)c2c1O. The zero-order valence-electron chi connectivity index (χ0n) is 27.4. The Kier molecular flexibility index (Phi) is 6.01. The van der Waals surface area contributed by atoms with E-state index in [9.17, 15) is 40.9 Å². The number of phenols is 8. The zero-order chi connectivity index (χ0) is 36.4. The Morgan fingerprint density at radius 1 is 0.302 bits per heavy atom. The summed E-state index contributed by atoms with van der Waals surface area (Å²) in [6.07, 6.45) is 0. The van der Waals surface area contributed by atoms with Gasteiger partial charge in [-0.1, -0.05) is 97.1 Å². The van der Waals surface area contributed by atoms with Crippen molar-refractivity contribution in [1.82, 2.24) is 0 Å². The lowest BCUT2D eigenvalue weighted by molar-refractivity contribution is 0.350. The highest BCUT2D eigenvalue weighted by atomic mass is 16.4. The van der Waals surface area contributed by atoms with Gasteiger partial charge in [0.15, 0.2) is 23.0 Å². The van der Waals surface area contributed by atoms with E-state index in [1.807, 2.05) is 78.9 Å². The van der Waals surface area contributed by atoms with E-state index in [2.05, 4.69) is 0 Å². The Labute approximate surface area is 297 Å². The Hall–Kier alpha value is -7.52. The third-order valence-electron chi connectivity index (χ3n) is 10.5. The van der Waals surface area contributed by atoms with Crippen LogP contribution in [0.1, 0.15) is 0 Å². The van der Waals surface area contributed by atoms with Gasteiger partial charge >= 0.3 is 0 Å². The predicted octanol–water partition coefficient (Wildman–Crippen LogP) is 10.3. The van der Waals surface area contributed by atoms with Crippen molar-refractivity contribution < 1.29 is 45.3 Å². The summed E-state index contributed by atoms with van der Waals surface area (Å²) in [6.45, 7) is 0. The topological polar surface area (TPSA) is 175 Å². The summed E-state index contributed by atoms with van der Waals surface area (Å²) in [5.41, 5.74) is 1.59. The third-order valence-corrected chi connectivity index (χ3v) is 10.5. The Balaban J connectivity index is 1.52. The minimum atomic E-state index is -1.04. The first-order valence-electron chi connectivity index (χ1n) is 16.7. The molecule has 0 amide bonds. The number of phenolic OH excluding ortho intramolecular Hbond substituents is 8. The molecule has 10 rings (SSSR count). The summed E-state index contributed by atoms with van der Waals surface area (Å²) in [7, 11) is 0. The van der Waals surface area contributed by atoms with Crippen molar-refractivity contribution in [3.63, 3.8) is 0 Å². The van der Waals surface area contributed by atoms with E-state index in [0.29, 0.717) is 38.5 Å². The summed E-state index contributed by atoms with van der Waals surface area (Å²) in [6, 6.07) is 33.3. The number of hydrogen-bond donors (Lipinski definition) is 8. The van der Waals surface area contributed by atoms with Gasteiger partial charge in [-0.05, 0) is 50.2 Å². The smallest absolute Gasteiger partial charge is 0.204 e. The summed E-state index contributed by atoms with van der Waals surface area (Å²) < 4.78 is 6.43. The molecule has 0 unspecified atom stereocenters. The second-order valence-electron chi connectivity index (χ2n) is 13.2. The van der Waals surface area contributed by atoms with Gasteiger partial charge in [0.1, 0.15) is 11.2 Å².